The second-order valence-corrected chi connectivity index (χ2v) is 13.7. The Labute approximate surface area is 226 Å². The Morgan fingerprint density at radius 2 is 0.611 bits per heavy atom. The Hall–Kier alpha value is -2.46. The standard InChI is InChI=1S/C32H26Cl2P2/c33-31-25(23-35(27-13-5-1-6-14-27)28-15-7-2-8-16-28)21-22-26(32(31)34)24-36(29-17-9-3-10-18-29)30-19-11-4-12-20-30/h1-22H,23-24H2. The molecular formula is C32H26Cl2P2. The van der Waals surface area contributed by atoms with E-state index in [0.717, 1.165) is 23.5 Å². The maximum Gasteiger partial charge on any atom is 0.0631 e. The fraction of sp³-hybridized carbons (Fsp3) is 0.0625. The summed E-state index contributed by atoms with van der Waals surface area (Å²) in [5.74, 6) is 0. The van der Waals surface area contributed by atoms with E-state index in [2.05, 4.69) is 133 Å². The minimum absolute atomic E-state index is 0.593. The van der Waals surface area contributed by atoms with Gasteiger partial charge in [-0.25, -0.2) is 0 Å². The molecule has 178 valence electrons. The highest BCUT2D eigenvalue weighted by Crippen LogP contribution is 2.45. The predicted molar refractivity (Wildman–Crippen MR) is 162 cm³/mol. The molecule has 0 heterocycles. The third kappa shape index (κ3) is 5.91. The van der Waals surface area contributed by atoms with Crippen LogP contribution in [-0.2, 0) is 12.3 Å². The molecule has 5 aromatic carbocycles. The maximum atomic E-state index is 6.98. The number of halogens is 2. The van der Waals surface area contributed by atoms with Gasteiger partial charge < -0.3 is 0 Å². The molecule has 0 N–H and O–H groups in total. The third-order valence-electron chi connectivity index (χ3n) is 6.17. The van der Waals surface area contributed by atoms with E-state index in [9.17, 15) is 0 Å². The first-order valence-electron chi connectivity index (χ1n) is 11.9. The van der Waals surface area contributed by atoms with Crippen LogP contribution in [0.2, 0.25) is 10.0 Å². The quantitative estimate of drug-likeness (QED) is 0.173. The monoisotopic (exact) mass is 542 g/mol. The van der Waals surface area contributed by atoms with Crippen molar-refractivity contribution in [2.24, 2.45) is 0 Å². The summed E-state index contributed by atoms with van der Waals surface area (Å²) in [5, 5.41) is 6.73. The van der Waals surface area contributed by atoms with Gasteiger partial charge in [0.15, 0.2) is 0 Å². The summed E-state index contributed by atoms with van der Waals surface area (Å²) in [6.07, 6.45) is 1.71. The van der Waals surface area contributed by atoms with E-state index in [-0.39, 0.29) is 0 Å². The molecule has 0 atom stereocenters. The van der Waals surface area contributed by atoms with E-state index in [4.69, 9.17) is 23.2 Å². The molecule has 0 bridgehead atoms. The lowest BCUT2D eigenvalue weighted by molar-refractivity contribution is 1.33. The van der Waals surface area contributed by atoms with Gasteiger partial charge in [-0.15, -0.1) is 0 Å². The summed E-state index contributed by atoms with van der Waals surface area (Å²) in [4.78, 5) is 0. The Bertz CT molecular complexity index is 1200. The van der Waals surface area contributed by atoms with Crippen LogP contribution >= 0.6 is 39.0 Å². The molecular weight excluding hydrogens is 517 g/mol. The van der Waals surface area contributed by atoms with Crippen molar-refractivity contribution in [1.29, 1.82) is 0 Å². The predicted octanol–water partition coefficient (Wildman–Crippen LogP) is 8.26. The Kier molecular flexibility index (Phi) is 8.53. The molecule has 0 radical (unpaired) electrons. The van der Waals surface area contributed by atoms with Crippen LogP contribution in [0, 0.1) is 0 Å². The molecule has 0 aliphatic carbocycles. The summed E-state index contributed by atoms with van der Waals surface area (Å²) in [5.41, 5.74) is 2.21. The Morgan fingerprint density at radius 3 is 0.861 bits per heavy atom. The SMILES string of the molecule is Clc1c(CP(c2ccccc2)c2ccccc2)ccc(CP(c2ccccc2)c2ccccc2)c1Cl. The average Bonchev–Trinajstić information content (AvgIpc) is 2.95. The lowest BCUT2D eigenvalue weighted by Gasteiger charge is -2.22. The molecule has 0 saturated heterocycles. The number of hydrogen-bond acceptors (Lipinski definition) is 0. The van der Waals surface area contributed by atoms with Gasteiger partial charge in [-0.2, -0.15) is 0 Å². The van der Waals surface area contributed by atoms with Gasteiger partial charge in [0.1, 0.15) is 0 Å². The van der Waals surface area contributed by atoms with Crippen LogP contribution in [0.5, 0.6) is 0 Å². The van der Waals surface area contributed by atoms with Crippen molar-refractivity contribution in [3.05, 3.63) is 155 Å². The fourth-order valence-corrected chi connectivity index (χ4v) is 9.66. The second kappa shape index (κ2) is 12.2. The fourth-order valence-electron chi connectivity index (χ4n) is 4.31. The van der Waals surface area contributed by atoms with Crippen molar-refractivity contribution in [2.75, 3.05) is 0 Å². The van der Waals surface area contributed by atoms with Gasteiger partial charge >= 0.3 is 0 Å². The minimum Gasteiger partial charge on any atom is -0.0824 e. The highest BCUT2D eigenvalue weighted by atomic mass is 35.5. The van der Waals surface area contributed by atoms with Crippen molar-refractivity contribution < 1.29 is 0 Å². The van der Waals surface area contributed by atoms with Crippen molar-refractivity contribution in [3.8, 4) is 0 Å². The van der Waals surface area contributed by atoms with Crippen LogP contribution in [0.1, 0.15) is 11.1 Å². The molecule has 0 aliphatic heterocycles. The molecule has 0 nitrogen and oxygen atoms in total. The lowest BCUT2D eigenvalue weighted by Crippen LogP contribution is -2.14. The van der Waals surface area contributed by atoms with Crippen LogP contribution in [-0.4, -0.2) is 0 Å². The summed E-state index contributed by atoms with van der Waals surface area (Å²) < 4.78 is 0. The first-order valence-corrected chi connectivity index (χ1v) is 15.7. The lowest BCUT2D eigenvalue weighted by atomic mass is 10.2. The van der Waals surface area contributed by atoms with Crippen molar-refractivity contribution >= 4 is 60.3 Å². The molecule has 5 aromatic rings. The molecule has 0 spiro atoms. The Morgan fingerprint density at radius 1 is 0.361 bits per heavy atom. The molecule has 0 aromatic heterocycles. The van der Waals surface area contributed by atoms with Crippen LogP contribution in [0.15, 0.2) is 133 Å². The zero-order valence-electron chi connectivity index (χ0n) is 19.8. The van der Waals surface area contributed by atoms with Gasteiger partial charge in [0, 0.05) is 12.3 Å². The highest BCUT2D eigenvalue weighted by Gasteiger charge is 2.21. The molecule has 0 amide bonds. The normalized spacial score (nSPS) is 11.2. The smallest absolute Gasteiger partial charge is 0.0631 e. The second-order valence-electron chi connectivity index (χ2n) is 8.53. The van der Waals surface area contributed by atoms with Gasteiger partial charge in [-0.3, -0.25) is 0 Å². The largest absolute Gasteiger partial charge is 0.0824 e. The number of hydrogen-bond donors (Lipinski definition) is 0. The molecule has 0 saturated carbocycles. The van der Waals surface area contributed by atoms with Crippen molar-refractivity contribution in [3.63, 3.8) is 0 Å². The minimum atomic E-state index is -0.593. The molecule has 0 aliphatic rings. The first-order chi connectivity index (χ1) is 17.7. The third-order valence-corrected chi connectivity index (χ3v) is 12.1. The summed E-state index contributed by atoms with van der Waals surface area (Å²) in [6.45, 7) is 0. The topological polar surface area (TPSA) is 0 Å². The van der Waals surface area contributed by atoms with E-state index in [1.807, 2.05) is 0 Å². The molecule has 5 rings (SSSR count). The van der Waals surface area contributed by atoms with Crippen molar-refractivity contribution in [2.45, 2.75) is 12.3 Å². The van der Waals surface area contributed by atoms with Gasteiger partial charge in [-0.1, -0.05) is 157 Å². The van der Waals surface area contributed by atoms with Gasteiger partial charge in [0.2, 0.25) is 0 Å². The van der Waals surface area contributed by atoms with Gasteiger partial charge in [0.25, 0.3) is 0 Å². The van der Waals surface area contributed by atoms with E-state index in [1.165, 1.54) is 21.2 Å². The van der Waals surface area contributed by atoms with E-state index < -0.39 is 15.8 Å². The van der Waals surface area contributed by atoms with Crippen LogP contribution in [0.3, 0.4) is 0 Å². The van der Waals surface area contributed by atoms with E-state index >= 15 is 0 Å². The summed E-state index contributed by atoms with van der Waals surface area (Å²) in [7, 11) is -1.19. The van der Waals surface area contributed by atoms with Crippen molar-refractivity contribution in [1.82, 2.24) is 0 Å². The molecule has 36 heavy (non-hydrogen) atoms. The zero-order valence-corrected chi connectivity index (χ0v) is 23.1. The van der Waals surface area contributed by atoms with Gasteiger partial charge in [0.05, 0.1) is 10.0 Å². The summed E-state index contributed by atoms with van der Waals surface area (Å²) >= 11 is 14.0. The zero-order chi connectivity index (χ0) is 24.7. The first kappa shape index (κ1) is 25.2. The summed E-state index contributed by atoms with van der Waals surface area (Å²) in [6, 6.07) is 47.3. The van der Waals surface area contributed by atoms with Crippen LogP contribution in [0.25, 0.3) is 0 Å². The average molecular weight is 543 g/mol. The number of rotatable bonds is 8. The number of benzene rings is 5. The van der Waals surface area contributed by atoms with E-state index in [0.29, 0.717) is 10.0 Å². The Balaban J connectivity index is 1.47. The van der Waals surface area contributed by atoms with Crippen LogP contribution in [0.4, 0.5) is 0 Å². The molecule has 0 fully saturated rings. The van der Waals surface area contributed by atoms with Gasteiger partial charge in [-0.05, 0) is 48.2 Å². The maximum absolute atomic E-state index is 6.98. The molecule has 0 unspecified atom stereocenters. The van der Waals surface area contributed by atoms with Crippen LogP contribution < -0.4 is 21.2 Å². The molecule has 4 heteroatoms. The highest BCUT2D eigenvalue weighted by molar-refractivity contribution is 7.72. The van der Waals surface area contributed by atoms with E-state index in [1.54, 1.807) is 0 Å².